The first-order valence-electron chi connectivity index (χ1n) is 6.43. The number of ether oxygens (including phenoxy) is 2. The minimum absolute atomic E-state index is 0.115. The monoisotopic (exact) mass is 290 g/mol. The molecule has 0 radical (unpaired) electrons. The van der Waals surface area contributed by atoms with Crippen molar-refractivity contribution in [3.05, 3.63) is 53.3 Å². The number of hydrogen-bond acceptors (Lipinski definition) is 4. The van der Waals surface area contributed by atoms with E-state index in [0.717, 1.165) is 5.56 Å². The zero-order chi connectivity index (χ0) is 15.4. The summed E-state index contributed by atoms with van der Waals surface area (Å²) in [6.45, 7) is 1.96. The van der Waals surface area contributed by atoms with Crippen molar-refractivity contribution in [2.45, 2.75) is 13.5 Å². The van der Waals surface area contributed by atoms with Crippen LogP contribution in [-0.4, -0.2) is 24.3 Å². The van der Waals surface area contributed by atoms with Gasteiger partial charge in [-0.3, -0.25) is 0 Å². The highest BCUT2D eigenvalue weighted by atomic mass is 19.1. The molecule has 2 N–H and O–H groups in total. The molecule has 2 aromatic rings. The Labute approximate surface area is 122 Å². The van der Waals surface area contributed by atoms with Gasteiger partial charge >= 0.3 is 7.12 Å². The third-order valence-corrected chi connectivity index (χ3v) is 3.05. The lowest BCUT2D eigenvalue weighted by molar-refractivity contribution is 0.290. The van der Waals surface area contributed by atoms with Gasteiger partial charge in [-0.1, -0.05) is 18.2 Å². The third-order valence-electron chi connectivity index (χ3n) is 3.05. The minimum Gasteiger partial charge on any atom is -0.497 e. The standard InChI is InChI=1S/C15H16BFO4/c1-10-3-5-13(17)15(7-10)21-9-11-4-6-14(20-2)12(8-11)16(18)19/h3-8,18-19H,9H2,1-2H3. The molecule has 0 aromatic heterocycles. The average molecular weight is 290 g/mol. The quantitative estimate of drug-likeness (QED) is 0.817. The van der Waals surface area contributed by atoms with Crippen LogP contribution in [-0.2, 0) is 6.61 Å². The van der Waals surface area contributed by atoms with Gasteiger partial charge in [-0.15, -0.1) is 0 Å². The molecule has 0 bridgehead atoms. The molecular weight excluding hydrogens is 274 g/mol. The summed E-state index contributed by atoms with van der Waals surface area (Å²) in [5, 5.41) is 18.6. The molecule has 0 atom stereocenters. The SMILES string of the molecule is COc1ccc(COc2cc(C)ccc2F)cc1B(O)O. The molecule has 0 amide bonds. The van der Waals surface area contributed by atoms with Crippen molar-refractivity contribution in [1.82, 2.24) is 0 Å². The fourth-order valence-electron chi connectivity index (χ4n) is 1.96. The third kappa shape index (κ3) is 3.74. The summed E-state index contributed by atoms with van der Waals surface area (Å²) in [4.78, 5) is 0. The topological polar surface area (TPSA) is 58.9 Å². The van der Waals surface area contributed by atoms with Gasteiger partial charge in [0.15, 0.2) is 11.6 Å². The van der Waals surface area contributed by atoms with Gasteiger partial charge in [0, 0.05) is 5.46 Å². The summed E-state index contributed by atoms with van der Waals surface area (Å²) >= 11 is 0. The number of methoxy groups -OCH3 is 1. The summed E-state index contributed by atoms with van der Waals surface area (Å²) in [6.07, 6.45) is 0. The Morgan fingerprint density at radius 3 is 2.52 bits per heavy atom. The normalized spacial score (nSPS) is 10.3. The van der Waals surface area contributed by atoms with E-state index >= 15 is 0 Å². The highest BCUT2D eigenvalue weighted by Crippen LogP contribution is 2.20. The van der Waals surface area contributed by atoms with Gasteiger partial charge in [-0.25, -0.2) is 4.39 Å². The lowest BCUT2D eigenvalue weighted by Gasteiger charge is -2.12. The number of hydrogen-bond donors (Lipinski definition) is 2. The van der Waals surface area contributed by atoms with Gasteiger partial charge in [0.05, 0.1) is 7.11 Å². The van der Waals surface area contributed by atoms with E-state index in [4.69, 9.17) is 9.47 Å². The van der Waals surface area contributed by atoms with Crippen LogP contribution in [0.5, 0.6) is 11.5 Å². The maximum absolute atomic E-state index is 13.6. The molecule has 0 spiro atoms. The zero-order valence-corrected chi connectivity index (χ0v) is 11.8. The predicted molar refractivity (Wildman–Crippen MR) is 78.3 cm³/mol. The Hall–Kier alpha value is -2.05. The van der Waals surface area contributed by atoms with E-state index in [0.29, 0.717) is 11.3 Å². The average Bonchev–Trinajstić information content (AvgIpc) is 2.47. The van der Waals surface area contributed by atoms with Crippen LogP contribution in [0.2, 0.25) is 0 Å². The summed E-state index contributed by atoms with van der Waals surface area (Å²) in [5.74, 6) is 0.101. The van der Waals surface area contributed by atoms with Crippen LogP contribution in [0.3, 0.4) is 0 Å². The molecule has 0 aliphatic carbocycles. The Bertz CT molecular complexity index is 631. The Balaban J connectivity index is 2.16. The molecule has 4 nitrogen and oxygen atoms in total. The number of benzene rings is 2. The second-order valence-corrected chi connectivity index (χ2v) is 4.67. The lowest BCUT2D eigenvalue weighted by Crippen LogP contribution is -2.31. The summed E-state index contributed by atoms with van der Waals surface area (Å²) < 4.78 is 24.0. The van der Waals surface area contributed by atoms with Crippen LogP contribution in [0.4, 0.5) is 4.39 Å². The molecule has 0 saturated carbocycles. The van der Waals surface area contributed by atoms with Gasteiger partial charge in [-0.05, 0) is 36.2 Å². The summed E-state index contributed by atoms with van der Waals surface area (Å²) in [7, 11) is -0.199. The smallest absolute Gasteiger partial charge is 0.492 e. The molecule has 0 heterocycles. The number of aryl methyl sites for hydroxylation is 1. The van der Waals surface area contributed by atoms with Crippen molar-refractivity contribution < 1.29 is 23.9 Å². The maximum Gasteiger partial charge on any atom is 0.492 e. The highest BCUT2D eigenvalue weighted by Gasteiger charge is 2.17. The zero-order valence-electron chi connectivity index (χ0n) is 11.8. The van der Waals surface area contributed by atoms with Crippen molar-refractivity contribution in [2.24, 2.45) is 0 Å². The van der Waals surface area contributed by atoms with Crippen LogP contribution in [0.25, 0.3) is 0 Å². The van der Waals surface area contributed by atoms with Crippen molar-refractivity contribution in [3.8, 4) is 11.5 Å². The van der Waals surface area contributed by atoms with E-state index in [1.165, 1.54) is 13.2 Å². The van der Waals surface area contributed by atoms with Gasteiger partial charge in [-0.2, -0.15) is 0 Å². The second kappa shape index (κ2) is 6.60. The molecule has 0 saturated heterocycles. The predicted octanol–water partition coefficient (Wildman–Crippen LogP) is 1.40. The van der Waals surface area contributed by atoms with Crippen LogP contribution >= 0.6 is 0 Å². The molecule has 0 aliphatic rings. The first kappa shape index (κ1) is 15.3. The molecule has 6 heteroatoms. The van der Waals surface area contributed by atoms with Gasteiger partial charge in [0.1, 0.15) is 12.4 Å². The fourth-order valence-corrected chi connectivity index (χ4v) is 1.96. The van der Waals surface area contributed by atoms with E-state index in [1.807, 2.05) is 6.92 Å². The van der Waals surface area contributed by atoms with Crippen molar-refractivity contribution >= 4 is 12.6 Å². The van der Waals surface area contributed by atoms with Crippen molar-refractivity contribution in [2.75, 3.05) is 7.11 Å². The van der Waals surface area contributed by atoms with Crippen molar-refractivity contribution in [1.29, 1.82) is 0 Å². The number of halogens is 1. The summed E-state index contributed by atoms with van der Waals surface area (Å²) in [5.41, 5.74) is 1.82. The fraction of sp³-hybridized carbons (Fsp3) is 0.200. The molecule has 2 aromatic carbocycles. The molecule has 2 rings (SSSR count). The summed E-state index contributed by atoms with van der Waals surface area (Å²) in [6, 6.07) is 9.51. The lowest BCUT2D eigenvalue weighted by atomic mass is 9.79. The van der Waals surface area contributed by atoms with Crippen LogP contribution in [0, 0.1) is 12.7 Å². The van der Waals surface area contributed by atoms with E-state index in [1.54, 1.807) is 30.3 Å². The maximum atomic E-state index is 13.6. The number of rotatable bonds is 5. The van der Waals surface area contributed by atoms with Gasteiger partial charge in [0.25, 0.3) is 0 Å². The Morgan fingerprint density at radius 2 is 1.86 bits per heavy atom. The van der Waals surface area contributed by atoms with Crippen LogP contribution in [0.15, 0.2) is 36.4 Å². The minimum atomic E-state index is -1.64. The van der Waals surface area contributed by atoms with E-state index < -0.39 is 12.9 Å². The molecule has 0 fully saturated rings. The second-order valence-electron chi connectivity index (χ2n) is 4.67. The molecule has 0 aliphatic heterocycles. The molecule has 110 valence electrons. The van der Waals surface area contributed by atoms with E-state index in [-0.39, 0.29) is 17.8 Å². The van der Waals surface area contributed by atoms with Crippen LogP contribution in [0.1, 0.15) is 11.1 Å². The Morgan fingerprint density at radius 1 is 1.10 bits per heavy atom. The van der Waals surface area contributed by atoms with E-state index in [9.17, 15) is 14.4 Å². The van der Waals surface area contributed by atoms with Crippen molar-refractivity contribution in [3.63, 3.8) is 0 Å². The molecular formula is C15H16BFO4. The largest absolute Gasteiger partial charge is 0.497 e. The highest BCUT2D eigenvalue weighted by molar-refractivity contribution is 6.59. The molecule has 0 unspecified atom stereocenters. The first-order chi connectivity index (χ1) is 10.0. The Kier molecular flexibility index (Phi) is 4.83. The first-order valence-corrected chi connectivity index (χ1v) is 6.43. The molecule has 21 heavy (non-hydrogen) atoms. The van der Waals surface area contributed by atoms with Gasteiger partial charge < -0.3 is 19.5 Å². The van der Waals surface area contributed by atoms with Crippen LogP contribution < -0.4 is 14.9 Å². The van der Waals surface area contributed by atoms with E-state index in [2.05, 4.69) is 0 Å². The van der Waals surface area contributed by atoms with Gasteiger partial charge in [0.2, 0.25) is 0 Å².